The average Bonchev–Trinajstić information content (AvgIpc) is 2.98. The van der Waals surface area contributed by atoms with Crippen LogP contribution < -0.4 is 10.1 Å². The van der Waals surface area contributed by atoms with Gasteiger partial charge in [-0.2, -0.15) is 0 Å². The maximum Gasteiger partial charge on any atom is 0.230 e. The van der Waals surface area contributed by atoms with Gasteiger partial charge in [-0.3, -0.25) is 4.79 Å². The van der Waals surface area contributed by atoms with Gasteiger partial charge in [-0.25, -0.2) is 0 Å². The third-order valence-electron chi connectivity index (χ3n) is 3.06. The van der Waals surface area contributed by atoms with E-state index in [9.17, 15) is 4.79 Å². The van der Waals surface area contributed by atoms with E-state index >= 15 is 0 Å². The predicted molar refractivity (Wildman–Crippen MR) is 80.3 cm³/mol. The molecule has 0 bridgehead atoms. The van der Waals surface area contributed by atoms with Crippen LogP contribution in [0.2, 0.25) is 0 Å². The molecule has 0 aromatic heterocycles. The summed E-state index contributed by atoms with van der Waals surface area (Å²) in [4.78, 5) is 12.8. The summed E-state index contributed by atoms with van der Waals surface area (Å²) in [7, 11) is 0. The van der Waals surface area contributed by atoms with Crippen LogP contribution in [0, 0.1) is 0 Å². The summed E-state index contributed by atoms with van der Waals surface area (Å²) >= 11 is 1.53. The number of ether oxygens (including phenoxy) is 2. The Morgan fingerprint density at radius 1 is 1.45 bits per heavy atom. The molecule has 2 rings (SSSR count). The van der Waals surface area contributed by atoms with E-state index in [4.69, 9.17) is 9.47 Å². The average molecular weight is 295 g/mol. The molecule has 4 nitrogen and oxygen atoms in total. The third kappa shape index (κ3) is 5.06. The number of hydrogen-bond acceptors (Lipinski definition) is 4. The molecule has 5 heteroatoms. The number of carbonyl (C=O) groups is 1. The highest BCUT2D eigenvalue weighted by molar-refractivity contribution is 8.00. The van der Waals surface area contributed by atoms with Crippen molar-refractivity contribution in [1.29, 1.82) is 0 Å². The highest BCUT2D eigenvalue weighted by Gasteiger charge is 2.15. The van der Waals surface area contributed by atoms with Gasteiger partial charge in [0.25, 0.3) is 0 Å². The molecule has 0 aliphatic carbocycles. The van der Waals surface area contributed by atoms with Crippen LogP contribution in [0.1, 0.15) is 19.8 Å². The first-order valence-electron chi connectivity index (χ1n) is 7.02. The molecule has 1 amide bonds. The van der Waals surface area contributed by atoms with E-state index in [-0.39, 0.29) is 12.0 Å². The van der Waals surface area contributed by atoms with Crippen LogP contribution in [0.5, 0.6) is 5.75 Å². The molecule has 20 heavy (non-hydrogen) atoms. The lowest BCUT2D eigenvalue weighted by Crippen LogP contribution is -2.32. The maximum absolute atomic E-state index is 11.7. The van der Waals surface area contributed by atoms with Crippen molar-refractivity contribution in [3.63, 3.8) is 0 Å². The third-order valence-corrected chi connectivity index (χ3v) is 4.07. The fraction of sp³-hybridized carbons (Fsp3) is 0.533. The lowest BCUT2D eigenvalue weighted by atomic mass is 10.2. The highest BCUT2D eigenvalue weighted by atomic mass is 32.2. The van der Waals surface area contributed by atoms with Crippen molar-refractivity contribution in [2.24, 2.45) is 0 Å². The van der Waals surface area contributed by atoms with E-state index in [2.05, 4.69) is 5.32 Å². The maximum atomic E-state index is 11.7. The van der Waals surface area contributed by atoms with E-state index in [1.807, 2.05) is 31.2 Å². The number of benzene rings is 1. The Kier molecular flexibility index (Phi) is 6.21. The van der Waals surface area contributed by atoms with Gasteiger partial charge in [0.1, 0.15) is 5.75 Å². The molecule has 1 aliphatic heterocycles. The molecule has 1 aromatic carbocycles. The molecule has 0 saturated carbocycles. The quantitative estimate of drug-likeness (QED) is 0.785. The van der Waals surface area contributed by atoms with Gasteiger partial charge in [-0.15, -0.1) is 11.8 Å². The normalized spacial score (nSPS) is 17.9. The summed E-state index contributed by atoms with van der Waals surface area (Å²) in [5.41, 5.74) is 0. The van der Waals surface area contributed by atoms with Gasteiger partial charge in [0.15, 0.2) is 0 Å². The summed E-state index contributed by atoms with van der Waals surface area (Å²) < 4.78 is 10.8. The molecule has 1 N–H and O–H groups in total. The van der Waals surface area contributed by atoms with E-state index in [0.717, 1.165) is 30.1 Å². The summed E-state index contributed by atoms with van der Waals surface area (Å²) in [5, 5.41) is 2.92. The SMILES string of the molecule is CCOc1ccc(SCC(=O)NCC2CCCO2)cc1. The molecular formula is C15H21NO3S. The number of rotatable bonds is 7. The standard InChI is InChI=1S/C15H21NO3S/c1-2-18-12-5-7-14(8-6-12)20-11-15(17)16-10-13-4-3-9-19-13/h5-8,13H,2-4,9-11H2,1H3,(H,16,17). The minimum atomic E-state index is 0.0550. The lowest BCUT2D eigenvalue weighted by molar-refractivity contribution is -0.119. The second-order valence-electron chi connectivity index (χ2n) is 4.63. The number of nitrogens with one attached hydrogen (secondary N) is 1. The van der Waals surface area contributed by atoms with Gasteiger partial charge >= 0.3 is 0 Å². The molecule has 1 fully saturated rings. The van der Waals surface area contributed by atoms with Crippen LogP contribution in [0.25, 0.3) is 0 Å². The van der Waals surface area contributed by atoms with Gasteiger partial charge in [0.05, 0.1) is 18.5 Å². The summed E-state index contributed by atoms with van der Waals surface area (Å²) in [6.45, 7) is 4.07. The molecular weight excluding hydrogens is 274 g/mol. The summed E-state index contributed by atoms with van der Waals surface area (Å²) in [6.07, 6.45) is 2.35. The molecule has 1 aliphatic rings. The first kappa shape index (κ1) is 15.2. The Hall–Kier alpha value is -1.20. The monoisotopic (exact) mass is 295 g/mol. The van der Waals surface area contributed by atoms with Gasteiger partial charge < -0.3 is 14.8 Å². The molecule has 110 valence electrons. The van der Waals surface area contributed by atoms with Crippen molar-refractivity contribution >= 4 is 17.7 Å². The largest absolute Gasteiger partial charge is 0.494 e. The van der Waals surface area contributed by atoms with E-state index < -0.39 is 0 Å². The Labute approximate surface area is 124 Å². The van der Waals surface area contributed by atoms with Crippen LogP contribution in [-0.2, 0) is 9.53 Å². The second kappa shape index (κ2) is 8.17. The van der Waals surface area contributed by atoms with Gasteiger partial charge in [-0.05, 0) is 44.0 Å². The van der Waals surface area contributed by atoms with Gasteiger partial charge in [0, 0.05) is 18.0 Å². The molecule has 1 aromatic rings. The van der Waals surface area contributed by atoms with Crippen LogP contribution >= 0.6 is 11.8 Å². The van der Waals surface area contributed by atoms with Crippen LogP contribution in [0.4, 0.5) is 0 Å². The first-order valence-corrected chi connectivity index (χ1v) is 8.00. The second-order valence-corrected chi connectivity index (χ2v) is 5.68. The molecule has 1 heterocycles. The Bertz CT molecular complexity index is 416. The minimum absolute atomic E-state index is 0.0550. The highest BCUT2D eigenvalue weighted by Crippen LogP contribution is 2.21. The summed E-state index contributed by atoms with van der Waals surface area (Å²) in [5.74, 6) is 1.35. The number of thioether (sulfide) groups is 1. The van der Waals surface area contributed by atoms with E-state index in [1.54, 1.807) is 0 Å². The van der Waals surface area contributed by atoms with Crippen LogP contribution in [0.3, 0.4) is 0 Å². The number of hydrogen-bond donors (Lipinski definition) is 1. The predicted octanol–water partition coefficient (Wildman–Crippen LogP) is 2.47. The van der Waals surface area contributed by atoms with E-state index in [0.29, 0.717) is 18.9 Å². The minimum Gasteiger partial charge on any atom is -0.494 e. The number of carbonyl (C=O) groups excluding carboxylic acids is 1. The zero-order chi connectivity index (χ0) is 14.2. The lowest BCUT2D eigenvalue weighted by Gasteiger charge is -2.10. The van der Waals surface area contributed by atoms with Crippen molar-refractivity contribution < 1.29 is 14.3 Å². The van der Waals surface area contributed by atoms with Crippen molar-refractivity contribution in [1.82, 2.24) is 5.32 Å². The van der Waals surface area contributed by atoms with Crippen molar-refractivity contribution in [2.75, 3.05) is 25.5 Å². The Balaban J connectivity index is 1.66. The molecule has 1 unspecified atom stereocenters. The Morgan fingerprint density at radius 3 is 2.90 bits per heavy atom. The molecule has 1 atom stereocenters. The van der Waals surface area contributed by atoms with Crippen molar-refractivity contribution in [3.05, 3.63) is 24.3 Å². The molecule has 1 saturated heterocycles. The number of amides is 1. The van der Waals surface area contributed by atoms with Crippen molar-refractivity contribution in [2.45, 2.75) is 30.8 Å². The summed E-state index contributed by atoms with van der Waals surface area (Å²) in [6, 6.07) is 7.80. The van der Waals surface area contributed by atoms with Crippen LogP contribution in [-0.4, -0.2) is 37.5 Å². The fourth-order valence-electron chi connectivity index (χ4n) is 2.03. The van der Waals surface area contributed by atoms with Gasteiger partial charge in [0.2, 0.25) is 5.91 Å². The van der Waals surface area contributed by atoms with E-state index in [1.165, 1.54) is 11.8 Å². The molecule has 0 radical (unpaired) electrons. The Morgan fingerprint density at radius 2 is 2.25 bits per heavy atom. The zero-order valence-electron chi connectivity index (χ0n) is 11.8. The van der Waals surface area contributed by atoms with Gasteiger partial charge in [-0.1, -0.05) is 0 Å². The topological polar surface area (TPSA) is 47.6 Å². The first-order chi connectivity index (χ1) is 9.78. The van der Waals surface area contributed by atoms with Crippen LogP contribution in [0.15, 0.2) is 29.2 Å². The zero-order valence-corrected chi connectivity index (χ0v) is 12.6. The molecule has 0 spiro atoms. The van der Waals surface area contributed by atoms with Crippen molar-refractivity contribution in [3.8, 4) is 5.75 Å². The fourth-order valence-corrected chi connectivity index (χ4v) is 2.76. The smallest absolute Gasteiger partial charge is 0.230 e.